The van der Waals surface area contributed by atoms with Gasteiger partial charge in [-0.05, 0) is 117 Å². The van der Waals surface area contributed by atoms with Crippen LogP contribution in [0.25, 0.3) is 148 Å². The fraction of sp³-hybridized carbons (Fsp3) is 0. The summed E-state index contributed by atoms with van der Waals surface area (Å²) in [7, 11) is 0. The molecule has 0 bridgehead atoms. The minimum atomic E-state index is 0.580. The summed E-state index contributed by atoms with van der Waals surface area (Å²) in [6.45, 7) is 0. The van der Waals surface area contributed by atoms with Crippen LogP contribution < -0.4 is 0 Å². The zero-order valence-electron chi connectivity index (χ0n) is 40.4. The monoisotopic (exact) mass is 974 g/mol. The van der Waals surface area contributed by atoms with Gasteiger partial charge in [-0.25, -0.2) is 15.0 Å². The quantitative estimate of drug-likeness (QED) is 0.152. The molecule has 350 valence electrons. The zero-order chi connectivity index (χ0) is 49.4. The molecule has 0 saturated carbocycles. The highest BCUT2D eigenvalue weighted by atomic mass is 32.1. The molecule has 0 N–H and O–H groups in total. The molecule has 0 amide bonds. The summed E-state index contributed by atoms with van der Waals surface area (Å²) >= 11 is 1.84. The van der Waals surface area contributed by atoms with Gasteiger partial charge in [0.25, 0.3) is 0 Å². The lowest BCUT2D eigenvalue weighted by molar-refractivity contribution is 0.669. The third-order valence-electron chi connectivity index (χ3n) is 14.7. The summed E-state index contributed by atoms with van der Waals surface area (Å²) in [6.07, 6.45) is 0. The van der Waals surface area contributed by atoms with Crippen molar-refractivity contribution >= 4 is 75.3 Å². The van der Waals surface area contributed by atoms with Crippen LogP contribution in [0, 0.1) is 0 Å². The molecule has 4 heterocycles. The number of aromatic nitrogens is 4. The molecule has 11 aromatic carbocycles. The van der Waals surface area contributed by atoms with E-state index in [2.05, 4.69) is 247 Å². The molecule has 6 heteroatoms. The molecule has 0 saturated heterocycles. The Balaban J connectivity index is 0.928. The molecule has 4 aromatic heterocycles. The second-order valence-electron chi connectivity index (χ2n) is 19.1. The molecule has 0 aliphatic carbocycles. The van der Waals surface area contributed by atoms with E-state index in [1.165, 1.54) is 25.7 Å². The molecule has 0 aliphatic heterocycles. The summed E-state index contributed by atoms with van der Waals surface area (Å²) in [4.78, 5) is 16.0. The van der Waals surface area contributed by atoms with Gasteiger partial charge in [-0.3, -0.25) is 0 Å². The average molecular weight is 975 g/mol. The lowest BCUT2D eigenvalue weighted by Gasteiger charge is -2.13. The Hall–Kier alpha value is -9.75. The van der Waals surface area contributed by atoms with Gasteiger partial charge in [0.15, 0.2) is 17.5 Å². The number of rotatable bonds is 8. The number of furan rings is 1. The molecular formula is C69H42N4OS. The fourth-order valence-electron chi connectivity index (χ4n) is 11.0. The fourth-order valence-corrected chi connectivity index (χ4v) is 12.2. The second kappa shape index (κ2) is 17.5. The number of hydrogen-bond acceptors (Lipinski definition) is 5. The Kier molecular flexibility index (Phi) is 10.00. The number of hydrogen-bond donors (Lipinski definition) is 0. The van der Waals surface area contributed by atoms with Crippen LogP contribution in [0.1, 0.15) is 0 Å². The molecule has 0 radical (unpaired) electrons. The van der Waals surface area contributed by atoms with Gasteiger partial charge in [-0.1, -0.05) is 182 Å². The Morgan fingerprint density at radius 2 is 0.840 bits per heavy atom. The van der Waals surface area contributed by atoms with Crippen molar-refractivity contribution in [2.24, 2.45) is 0 Å². The molecule has 15 aromatic rings. The Bertz CT molecular complexity index is 4690. The molecule has 75 heavy (non-hydrogen) atoms. The van der Waals surface area contributed by atoms with E-state index in [0.717, 1.165) is 105 Å². The highest BCUT2D eigenvalue weighted by Gasteiger charge is 2.22. The maximum Gasteiger partial charge on any atom is 0.164 e. The Morgan fingerprint density at radius 3 is 1.63 bits per heavy atom. The van der Waals surface area contributed by atoms with Crippen molar-refractivity contribution in [3.63, 3.8) is 0 Å². The highest BCUT2D eigenvalue weighted by molar-refractivity contribution is 7.25. The van der Waals surface area contributed by atoms with Crippen LogP contribution in [0.3, 0.4) is 0 Å². The van der Waals surface area contributed by atoms with Crippen molar-refractivity contribution in [1.29, 1.82) is 0 Å². The molecule has 0 fully saturated rings. The molecule has 0 spiro atoms. The topological polar surface area (TPSA) is 56.7 Å². The molecule has 0 aliphatic rings. The van der Waals surface area contributed by atoms with Crippen LogP contribution in [-0.2, 0) is 0 Å². The maximum absolute atomic E-state index is 6.70. The van der Waals surface area contributed by atoms with Gasteiger partial charge in [0, 0.05) is 64.1 Å². The first-order valence-corrected chi connectivity index (χ1v) is 26.0. The van der Waals surface area contributed by atoms with E-state index in [9.17, 15) is 0 Å². The smallest absolute Gasteiger partial charge is 0.164 e. The standard InChI is InChI=1S/C69H42N4OS/c1-4-15-43(16-5-1)45-27-29-46(30-28-45)67-70-68(51-20-14-19-47(37-51)44-17-6-2-7-18-44)72-69(71-67)52-39-58(66-57-24-10-12-25-60(57)73(61(66)40-52)53-21-8-3-9-22-53)50-33-36-62-59(38-50)54-34-31-48(41-63(54)74-62)49-32-35-56-55-23-11-13-26-64(55)75-65(56)42-49/h1-42H. The van der Waals surface area contributed by atoms with E-state index < -0.39 is 0 Å². The normalized spacial score (nSPS) is 11.7. The van der Waals surface area contributed by atoms with Crippen molar-refractivity contribution in [3.8, 4) is 84.4 Å². The SMILES string of the molecule is c1ccc(-c2ccc(-c3nc(-c4cccc(-c5ccccc5)c4)nc(-c4cc(-c5ccc6oc7cc(-c8ccc9c(c8)sc8ccccc89)ccc7c6c5)c5c6ccccc6n(-c6ccccc6)c5c4)n3)cc2)cc1. The number of para-hydroxylation sites is 2. The zero-order valence-corrected chi connectivity index (χ0v) is 41.2. The van der Waals surface area contributed by atoms with Crippen molar-refractivity contribution < 1.29 is 4.42 Å². The van der Waals surface area contributed by atoms with Crippen LogP contribution in [-0.4, -0.2) is 19.5 Å². The minimum Gasteiger partial charge on any atom is -0.456 e. The summed E-state index contributed by atoms with van der Waals surface area (Å²) in [5.74, 6) is 1.77. The number of nitrogens with zero attached hydrogens (tertiary/aromatic N) is 4. The summed E-state index contributed by atoms with van der Waals surface area (Å²) in [5, 5.41) is 7.02. The summed E-state index contributed by atoms with van der Waals surface area (Å²) < 4.78 is 11.7. The van der Waals surface area contributed by atoms with Gasteiger partial charge in [-0.2, -0.15) is 0 Å². The van der Waals surface area contributed by atoms with E-state index in [1.54, 1.807) is 0 Å². The molecule has 0 unspecified atom stereocenters. The van der Waals surface area contributed by atoms with E-state index in [4.69, 9.17) is 19.4 Å². The van der Waals surface area contributed by atoms with Crippen molar-refractivity contribution in [1.82, 2.24) is 19.5 Å². The van der Waals surface area contributed by atoms with Crippen molar-refractivity contribution in [2.75, 3.05) is 0 Å². The molecular weight excluding hydrogens is 933 g/mol. The average Bonchev–Trinajstić information content (AvgIpc) is 4.22. The van der Waals surface area contributed by atoms with Gasteiger partial charge in [0.05, 0.1) is 11.0 Å². The van der Waals surface area contributed by atoms with Crippen LogP contribution in [0.15, 0.2) is 259 Å². The Labute approximate surface area is 435 Å². The predicted octanol–water partition coefficient (Wildman–Crippen LogP) is 18.9. The lowest BCUT2D eigenvalue weighted by Crippen LogP contribution is -2.01. The van der Waals surface area contributed by atoms with Crippen LogP contribution in [0.5, 0.6) is 0 Å². The van der Waals surface area contributed by atoms with E-state index in [-0.39, 0.29) is 0 Å². The number of benzene rings is 11. The lowest BCUT2D eigenvalue weighted by atomic mass is 9.95. The Morgan fingerprint density at radius 1 is 0.293 bits per heavy atom. The van der Waals surface area contributed by atoms with E-state index in [0.29, 0.717) is 17.5 Å². The molecule has 5 nitrogen and oxygen atoms in total. The number of thiophene rings is 1. The van der Waals surface area contributed by atoms with Gasteiger partial charge < -0.3 is 8.98 Å². The number of fused-ring (bicyclic) bond motifs is 9. The van der Waals surface area contributed by atoms with Crippen molar-refractivity contribution in [2.45, 2.75) is 0 Å². The maximum atomic E-state index is 6.70. The predicted molar refractivity (Wildman–Crippen MR) is 312 cm³/mol. The minimum absolute atomic E-state index is 0.580. The van der Waals surface area contributed by atoms with Crippen LogP contribution in [0.2, 0.25) is 0 Å². The van der Waals surface area contributed by atoms with Gasteiger partial charge in [0.1, 0.15) is 11.2 Å². The third-order valence-corrected chi connectivity index (χ3v) is 15.8. The van der Waals surface area contributed by atoms with Gasteiger partial charge in [-0.15, -0.1) is 11.3 Å². The highest BCUT2D eigenvalue weighted by Crippen LogP contribution is 2.44. The van der Waals surface area contributed by atoms with E-state index >= 15 is 0 Å². The van der Waals surface area contributed by atoms with Crippen LogP contribution >= 0.6 is 11.3 Å². The van der Waals surface area contributed by atoms with Gasteiger partial charge in [0.2, 0.25) is 0 Å². The second-order valence-corrected chi connectivity index (χ2v) is 20.2. The summed E-state index contributed by atoms with van der Waals surface area (Å²) in [6, 6.07) is 90.5. The molecule has 0 atom stereocenters. The molecule has 15 rings (SSSR count). The van der Waals surface area contributed by atoms with E-state index in [1.807, 2.05) is 23.5 Å². The third kappa shape index (κ3) is 7.41. The summed E-state index contributed by atoms with van der Waals surface area (Å²) in [5.41, 5.74) is 16.5. The van der Waals surface area contributed by atoms with Crippen molar-refractivity contribution in [3.05, 3.63) is 255 Å². The van der Waals surface area contributed by atoms with Gasteiger partial charge >= 0.3 is 0 Å². The first kappa shape index (κ1) is 42.9. The largest absolute Gasteiger partial charge is 0.456 e. The first-order chi connectivity index (χ1) is 37.1. The first-order valence-electron chi connectivity index (χ1n) is 25.2. The van der Waals surface area contributed by atoms with Crippen LogP contribution in [0.4, 0.5) is 0 Å².